The van der Waals surface area contributed by atoms with Gasteiger partial charge in [-0.2, -0.15) is 0 Å². The number of hydrogen-bond donors (Lipinski definition) is 0. The molecule has 0 aliphatic carbocycles. The highest BCUT2D eigenvalue weighted by Crippen LogP contribution is 2.13. The van der Waals surface area contributed by atoms with Gasteiger partial charge in [0.1, 0.15) is 11.5 Å². The average Bonchev–Trinajstić information content (AvgIpc) is 2.17. The maximum absolute atomic E-state index is 11.7. The molecule has 0 aliphatic heterocycles. The largest absolute Gasteiger partial charge is 0.299 e. The summed E-state index contributed by atoms with van der Waals surface area (Å²) >= 11 is 0. The van der Waals surface area contributed by atoms with Crippen LogP contribution in [-0.4, -0.2) is 20.0 Å². The van der Waals surface area contributed by atoms with Crippen LogP contribution in [0.4, 0.5) is 0 Å². The molecule has 0 amide bonds. The number of aryl methyl sites for hydroxylation is 1. The molecule has 0 saturated heterocycles. The van der Waals surface area contributed by atoms with Crippen molar-refractivity contribution in [3.8, 4) is 0 Å². The minimum atomic E-state index is -3.44. The highest BCUT2D eigenvalue weighted by Gasteiger charge is 2.16. The molecule has 0 unspecified atom stereocenters. The first-order valence-electron chi connectivity index (χ1n) is 5.27. The zero-order valence-corrected chi connectivity index (χ0v) is 10.4. The van der Waals surface area contributed by atoms with Crippen LogP contribution < -0.4 is 0 Å². The van der Waals surface area contributed by atoms with E-state index in [4.69, 9.17) is 0 Å². The Morgan fingerprint density at radius 3 is 2.19 bits per heavy atom. The van der Waals surface area contributed by atoms with Gasteiger partial charge in [-0.25, -0.2) is 8.42 Å². The molecule has 16 heavy (non-hydrogen) atoms. The van der Waals surface area contributed by atoms with Crippen molar-refractivity contribution in [2.24, 2.45) is 0 Å². The third-order valence-electron chi connectivity index (χ3n) is 2.21. The lowest BCUT2D eigenvalue weighted by Crippen LogP contribution is -2.13. The molecular formula is C12H16O3S. The number of rotatable bonds is 5. The molecule has 0 fully saturated rings. The Labute approximate surface area is 96.4 Å². The van der Waals surface area contributed by atoms with Crippen LogP contribution in [-0.2, 0) is 21.1 Å². The summed E-state index contributed by atoms with van der Waals surface area (Å²) in [5.41, 5.74) is 1.12. The fraction of sp³-hybridized carbons (Fsp3) is 0.417. The second-order valence-corrected chi connectivity index (χ2v) is 5.84. The van der Waals surface area contributed by atoms with E-state index in [9.17, 15) is 13.2 Å². The van der Waals surface area contributed by atoms with E-state index in [0.717, 1.165) is 18.4 Å². The van der Waals surface area contributed by atoms with Crippen LogP contribution >= 0.6 is 0 Å². The van der Waals surface area contributed by atoms with Crippen LogP contribution in [0.25, 0.3) is 0 Å². The van der Waals surface area contributed by atoms with Gasteiger partial charge in [-0.05, 0) is 31.0 Å². The lowest BCUT2D eigenvalue weighted by molar-refractivity contribution is -0.114. The van der Waals surface area contributed by atoms with Gasteiger partial charge in [0, 0.05) is 0 Å². The van der Waals surface area contributed by atoms with Gasteiger partial charge in [0.15, 0.2) is 9.84 Å². The number of ketones is 1. The topological polar surface area (TPSA) is 51.2 Å². The molecule has 1 rings (SSSR count). The van der Waals surface area contributed by atoms with Gasteiger partial charge in [0.05, 0.1) is 4.90 Å². The Morgan fingerprint density at radius 2 is 1.75 bits per heavy atom. The number of carbonyl (C=O) groups is 1. The second kappa shape index (κ2) is 5.25. The Balaban J connectivity index is 2.93. The predicted molar refractivity (Wildman–Crippen MR) is 63.2 cm³/mol. The van der Waals surface area contributed by atoms with Gasteiger partial charge in [0.2, 0.25) is 0 Å². The first kappa shape index (κ1) is 12.9. The Hall–Kier alpha value is -1.16. The fourth-order valence-electron chi connectivity index (χ4n) is 1.50. The lowest BCUT2D eigenvalue weighted by atomic mass is 10.1. The van der Waals surface area contributed by atoms with Crippen molar-refractivity contribution in [1.82, 2.24) is 0 Å². The van der Waals surface area contributed by atoms with E-state index < -0.39 is 15.6 Å². The zero-order valence-electron chi connectivity index (χ0n) is 9.56. The maximum Gasteiger partial charge on any atom is 0.185 e. The van der Waals surface area contributed by atoms with Crippen LogP contribution in [0.3, 0.4) is 0 Å². The molecule has 0 heterocycles. The number of Topliss-reactive ketones (excluding diaryl/α,β-unsaturated/α-hetero) is 1. The average molecular weight is 240 g/mol. The zero-order chi connectivity index (χ0) is 12.2. The van der Waals surface area contributed by atoms with Crippen LogP contribution in [0.2, 0.25) is 0 Å². The number of sulfone groups is 1. The molecule has 0 bridgehead atoms. The summed E-state index contributed by atoms with van der Waals surface area (Å²) in [4.78, 5) is 11.0. The van der Waals surface area contributed by atoms with E-state index in [1.807, 2.05) is 0 Å². The SMILES string of the molecule is CCCc1ccc(S(=O)(=O)CC(C)=O)cc1. The molecule has 0 aromatic heterocycles. The molecule has 0 saturated carbocycles. The maximum atomic E-state index is 11.7. The van der Waals surface area contributed by atoms with Gasteiger partial charge in [-0.15, -0.1) is 0 Å². The number of carbonyl (C=O) groups excluding carboxylic acids is 1. The van der Waals surface area contributed by atoms with Crippen molar-refractivity contribution < 1.29 is 13.2 Å². The van der Waals surface area contributed by atoms with Gasteiger partial charge in [0.25, 0.3) is 0 Å². The minimum Gasteiger partial charge on any atom is -0.299 e. The van der Waals surface area contributed by atoms with E-state index in [-0.39, 0.29) is 10.7 Å². The van der Waals surface area contributed by atoms with Crippen molar-refractivity contribution >= 4 is 15.6 Å². The molecule has 3 nitrogen and oxygen atoms in total. The molecular weight excluding hydrogens is 224 g/mol. The van der Waals surface area contributed by atoms with Crippen molar-refractivity contribution in [1.29, 1.82) is 0 Å². The van der Waals surface area contributed by atoms with Crippen LogP contribution in [0.15, 0.2) is 29.2 Å². The third-order valence-corrected chi connectivity index (χ3v) is 3.99. The normalized spacial score (nSPS) is 11.4. The monoisotopic (exact) mass is 240 g/mol. The summed E-state index contributed by atoms with van der Waals surface area (Å²) in [6.07, 6.45) is 1.96. The predicted octanol–water partition coefficient (Wildman–Crippen LogP) is 2.00. The molecule has 0 atom stereocenters. The van der Waals surface area contributed by atoms with Gasteiger partial charge in [-0.1, -0.05) is 25.5 Å². The van der Waals surface area contributed by atoms with E-state index in [0.29, 0.717) is 0 Å². The Kier molecular flexibility index (Phi) is 4.24. The van der Waals surface area contributed by atoms with E-state index >= 15 is 0 Å². The van der Waals surface area contributed by atoms with Gasteiger partial charge < -0.3 is 0 Å². The summed E-state index contributed by atoms with van der Waals surface area (Å²) in [6.45, 7) is 3.35. The summed E-state index contributed by atoms with van der Waals surface area (Å²) in [7, 11) is -3.44. The quantitative estimate of drug-likeness (QED) is 0.791. The highest BCUT2D eigenvalue weighted by atomic mass is 32.2. The smallest absolute Gasteiger partial charge is 0.185 e. The van der Waals surface area contributed by atoms with Crippen molar-refractivity contribution in [3.63, 3.8) is 0 Å². The fourth-order valence-corrected chi connectivity index (χ4v) is 2.76. The summed E-state index contributed by atoms with van der Waals surface area (Å²) in [5, 5.41) is 0. The van der Waals surface area contributed by atoms with Crippen molar-refractivity contribution in [3.05, 3.63) is 29.8 Å². The first-order valence-corrected chi connectivity index (χ1v) is 6.92. The third kappa shape index (κ3) is 3.45. The minimum absolute atomic E-state index is 0.225. The molecule has 4 heteroatoms. The standard InChI is InChI=1S/C12H16O3S/c1-3-4-11-5-7-12(8-6-11)16(14,15)9-10(2)13/h5-8H,3-4,9H2,1-2H3. The van der Waals surface area contributed by atoms with Crippen LogP contribution in [0, 0.1) is 0 Å². The molecule has 0 aliphatic rings. The Morgan fingerprint density at radius 1 is 1.19 bits per heavy atom. The van der Waals surface area contributed by atoms with E-state index in [1.54, 1.807) is 24.3 Å². The number of benzene rings is 1. The second-order valence-electron chi connectivity index (χ2n) is 3.86. The first-order chi connectivity index (χ1) is 7.45. The highest BCUT2D eigenvalue weighted by molar-refractivity contribution is 7.92. The van der Waals surface area contributed by atoms with Crippen molar-refractivity contribution in [2.45, 2.75) is 31.6 Å². The van der Waals surface area contributed by atoms with E-state index in [1.165, 1.54) is 6.92 Å². The summed E-state index contributed by atoms with van der Waals surface area (Å²) in [6, 6.07) is 6.75. The van der Waals surface area contributed by atoms with Crippen molar-refractivity contribution in [2.75, 3.05) is 5.75 Å². The molecule has 88 valence electrons. The van der Waals surface area contributed by atoms with Crippen LogP contribution in [0.5, 0.6) is 0 Å². The van der Waals surface area contributed by atoms with Crippen LogP contribution in [0.1, 0.15) is 25.8 Å². The summed E-state index contributed by atoms with van der Waals surface area (Å²) in [5.74, 6) is -0.752. The molecule has 0 spiro atoms. The summed E-state index contributed by atoms with van der Waals surface area (Å²) < 4.78 is 23.4. The Bertz CT molecular complexity index is 458. The van der Waals surface area contributed by atoms with Gasteiger partial charge in [-0.3, -0.25) is 4.79 Å². The number of hydrogen-bond acceptors (Lipinski definition) is 3. The van der Waals surface area contributed by atoms with E-state index in [2.05, 4.69) is 6.92 Å². The lowest BCUT2D eigenvalue weighted by Gasteiger charge is -2.03. The molecule has 0 N–H and O–H groups in total. The van der Waals surface area contributed by atoms with Gasteiger partial charge >= 0.3 is 0 Å². The molecule has 1 aromatic rings. The molecule has 1 aromatic carbocycles. The molecule has 0 radical (unpaired) electrons.